The molecule has 5 heteroatoms. The van der Waals surface area contributed by atoms with Crippen LogP contribution in [0.4, 0.5) is 4.39 Å². The number of halogens is 2. The summed E-state index contributed by atoms with van der Waals surface area (Å²) >= 11 is 3.60. The van der Waals surface area contributed by atoms with Gasteiger partial charge in [0, 0.05) is 12.2 Å². The van der Waals surface area contributed by atoms with Crippen molar-refractivity contribution in [2.24, 2.45) is 0 Å². The molecule has 0 saturated heterocycles. The maximum atomic E-state index is 13.2. The standard InChI is InChI=1S/C24H29BrFNO2/c1-6-9-20(17-21(10-7-2)24(28)29-5)18(4)27(23(25)8-3)16-15-19-11-13-22(26)14-12-19/h7-14,17H,4,6,15-16H2,1-3,5H3/b10-7-,20-9-,21-17+,23-8-. The molecular weight excluding hydrogens is 433 g/mol. The fraction of sp³-hybridized carbons (Fsp3) is 0.292. The van der Waals surface area contributed by atoms with Crippen LogP contribution in [0.2, 0.25) is 0 Å². The molecular formula is C24H29BrFNO2. The number of carbonyl (C=O) groups excluding carboxylic acids is 1. The second kappa shape index (κ2) is 12.9. The lowest BCUT2D eigenvalue weighted by atomic mass is 10.1. The van der Waals surface area contributed by atoms with Gasteiger partial charge in [0.1, 0.15) is 5.82 Å². The van der Waals surface area contributed by atoms with Crippen molar-refractivity contribution in [1.29, 1.82) is 0 Å². The SMILES string of the molecule is C=C(C(=C\CC)/C=C(\C=C/C)C(=O)OC)N(CCc1ccc(F)cc1)/C(Br)=C\C. The molecule has 0 aliphatic carbocycles. The number of esters is 1. The van der Waals surface area contributed by atoms with E-state index in [4.69, 9.17) is 4.74 Å². The summed E-state index contributed by atoms with van der Waals surface area (Å²) in [7, 11) is 1.36. The molecule has 1 aromatic carbocycles. The van der Waals surface area contributed by atoms with Crippen molar-refractivity contribution in [3.8, 4) is 0 Å². The van der Waals surface area contributed by atoms with Gasteiger partial charge in [0.2, 0.25) is 0 Å². The molecule has 0 heterocycles. The number of benzene rings is 1. The third kappa shape index (κ3) is 7.86. The van der Waals surface area contributed by atoms with E-state index in [1.165, 1.54) is 19.2 Å². The van der Waals surface area contributed by atoms with Gasteiger partial charge < -0.3 is 9.64 Å². The fourth-order valence-electron chi connectivity index (χ4n) is 2.69. The van der Waals surface area contributed by atoms with Gasteiger partial charge in [-0.3, -0.25) is 0 Å². The van der Waals surface area contributed by atoms with Crippen LogP contribution < -0.4 is 0 Å². The summed E-state index contributed by atoms with van der Waals surface area (Å²) in [6.45, 7) is 10.7. The number of methoxy groups -OCH3 is 1. The van der Waals surface area contributed by atoms with Gasteiger partial charge in [0.25, 0.3) is 0 Å². The molecule has 0 bridgehead atoms. The summed E-state index contributed by atoms with van der Waals surface area (Å²) in [6, 6.07) is 6.49. The highest BCUT2D eigenvalue weighted by Gasteiger charge is 2.16. The van der Waals surface area contributed by atoms with E-state index >= 15 is 0 Å². The van der Waals surface area contributed by atoms with E-state index in [9.17, 15) is 9.18 Å². The highest BCUT2D eigenvalue weighted by Crippen LogP contribution is 2.26. The van der Waals surface area contributed by atoms with Gasteiger partial charge in [-0.05, 0) is 72.0 Å². The largest absolute Gasteiger partial charge is 0.465 e. The number of nitrogens with zero attached hydrogens (tertiary/aromatic N) is 1. The lowest BCUT2D eigenvalue weighted by molar-refractivity contribution is -0.135. The molecule has 0 fully saturated rings. The first-order chi connectivity index (χ1) is 13.9. The molecule has 0 spiro atoms. The predicted octanol–water partition coefficient (Wildman–Crippen LogP) is 6.45. The minimum absolute atomic E-state index is 0.248. The number of carbonyl (C=O) groups is 1. The van der Waals surface area contributed by atoms with E-state index in [1.807, 2.05) is 37.8 Å². The minimum atomic E-state index is -0.402. The highest BCUT2D eigenvalue weighted by atomic mass is 79.9. The van der Waals surface area contributed by atoms with Gasteiger partial charge in [-0.2, -0.15) is 0 Å². The van der Waals surface area contributed by atoms with Gasteiger partial charge in [-0.15, -0.1) is 0 Å². The van der Waals surface area contributed by atoms with Crippen LogP contribution in [0.5, 0.6) is 0 Å². The summed E-state index contributed by atoms with van der Waals surface area (Å²) in [5.74, 6) is -0.650. The molecule has 0 aliphatic rings. The van der Waals surface area contributed by atoms with Crippen LogP contribution in [0.25, 0.3) is 0 Å². The fourth-order valence-corrected chi connectivity index (χ4v) is 3.09. The van der Waals surface area contributed by atoms with Crippen molar-refractivity contribution in [2.45, 2.75) is 33.6 Å². The van der Waals surface area contributed by atoms with Gasteiger partial charge in [0.15, 0.2) is 0 Å². The molecule has 156 valence electrons. The first-order valence-corrected chi connectivity index (χ1v) is 10.3. The Morgan fingerprint density at radius 1 is 1.24 bits per heavy atom. The average Bonchev–Trinajstić information content (AvgIpc) is 2.73. The Kier molecular flexibility index (Phi) is 11.0. The molecule has 0 amide bonds. The second-order valence-electron chi connectivity index (χ2n) is 6.25. The number of hydrogen-bond donors (Lipinski definition) is 0. The van der Waals surface area contributed by atoms with Crippen molar-refractivity contribution in [3.05, 3.63) is 94.1 Å². The second-order valence-corrected chi connectivity index (χ2v) is 7.06. The maximum absolute atomic E-state index is 13.2. The lowest BCUT2D eigenvalue weighted by Gasteiger charge is -2.27. The molecule has 0 N–H and O–H groups in total. The Labute approximate surface area is 182 Å². The zero-order chi connectivity index (χ0) is 21.8. The van der Waals surface area contributed by atoms with Crippen LogP contribution in [0.15, 0.2) is 82.7 Å². The van der Waals surface area contributed by atoms with Crippen molar-refractivity contribution in [1.82, 2.24) is 4.90 Å². The molecule has 3 nitrogen and oxygen atoms in total. The first kappa shape index (κ1) is 24.6. The van der Waals surface area contributed by atoms with Gasteiger partial charge in [-0.1, -0.05) is 49.9 Å². The third-order valence-corrected chi connectivity index (χ3v) is 5.08. The first-order valence-electron chi connectivity index (χ1n) is 9.53. The molecule has 0 atom stereocenters. The summed E-state index contributed by atoms with van der Waals surface area (Å²) < 4.78 is 18.9. The zero-order valence-electron chi connectivity index (χ0n) is 17.5. The van der Waals surface area contributed by atoms with Gasteiger partial charge in [0.05, 0.1) is 17.3 Å². The van der Waals surface area contributed by atoms with E-state index in [0.29, 0.717) is 18.5 Å². The number of hydrogen-bond acceptors (Lipinski definition) is 3. The van der Waals surface area contributed by atoms with E-state index in [-0.39, 0.29) is 5.82 Å². The van der Waals surface area contributed by atoms with E-state index in [1.54, 1.807) is 30.4 Å². The Morgan fingerprint density at radius 3 is 2.41 bits per heavy atom. The molecule has 29 heavy (non-hydrogen) atoms. The van der Waals surface area contributed by atoms with Crippen molar-refractivity contribution in [2.75, 3.05) is 13.7 Å². The minimum Gasteiger partial charge on any atom is -0.465 e. The maximum Gasteiger partial charge on any atom is 0.337 e. The Hall–Kier alpha value is -2.40. The molecule has 1 rings (SSSR count). The number of allylic oxidation sites excluding steroid dienone is 4. The average molecular weight is 462 g/mol. The summed E-state index contributed by atoms with van der Waals surface area (Å²) in [4.78, 5) is 14.1. The van der Waals surface area contributed by atoms with Crippen LogP contribution in [-0.4, -0.2) is 24.5 Å². The van der Waals surface area contributed by atoms with E-state index in [2.05, 4.69) is 22.5 Å². The summed E-state index contributed by atoms with van der Waals surface area (Å²) in [5, 5.41) is 0. The normalized spacial score (nSPS) is 13.0. The summed E-state index contributed by atoms with van der Waals surface area (Å²) in [6.07, 6.45) is 10.8. The van der Waals surface area contributed by atoms with Crippen molar-refractivity contribution >= 4 is 21.9 Å². The highest BCUT2D eigenvalue weighted by molar-refractivity contribution is 9.11. The van der Waals surface area contributed by atoms with Crippen LogP contribution in [0, 0.1) is 5.82 Å². The van der Waals surface area contributed by atoms with E-state index < -0.39 is 5.97 Å². The number of ether oxygens (including phenoxy) is 1. The molecule has 1 aromatic rings. The van der Waals surface area contributed by atoms with Gasteiger partial charge in [-0.25, -0.2) is 9.18 Å². The summed E-state index contributed by atoms with van der Waals surface area (Å²) in [5.41, 5.74) is 3.07. The smallest absolute Gasteiger partial charge is 0.337 e. The monoisotopic (exact) mass is 461 g/mol. The molecule has 0 unspecified atom stereocenters. The van der Waals surface area contributed by atoms with Crippen LogP contribution in [-0.2, 0) is 16.0 Å². The zero-order valence-corrected chi connectivity index (χ0v) is 19.1. The quantitative estimate of drug-likeness (QED) is 0.173. The topological polar surface area (TPSA) is 29.5 Å². The van der Waals surface area contributed by atoms with Crippen molar-refractivity contribution in [3.63, 3.8) is 0 Å². The number of rotatable bonds is 10. The Balaban J connectivity index is 3.20. The van der Waals surface area contributed by atoms with Crippen LogP contribution in [0.1, 0.15) is 32.8 Å². The van der Waals surface area contributed by atoms with Crippen molar-refractivity contribution < 1.29 is 13.9 Å². The van der Waals surface area contributed by atoms with Crippen LogP contribution >= 0.6 is 15.9 Å². The molecule has 0 radical (unpaired) electrons. The Bertz CT molecular complexity index is 820. The van der Waals surface area contributed by atoms with E-state index in [0.717, 1.165) is 27.9 Å². The predicted molar refractivity (Wildman–Crippen MR) is 122 cm³/mol. The van der Waals surface area contributed by atoms with Crippen LogP contribution in [0.3, 0.4) is 0 Å². The lowest BCUT2D eigenvalue weighted by Crippen LogP contribution is -2.23. The Morgan fingerprint density at radius 2 is 1.90 bits per heavy atom. The molecule has 0 aromatic heterocycles. The third-order valence-electron chi connectivity index (χ3n) is 4.19. The van der Waals surface area contributed by atoms with Gasteiger partial charge >= 0.3 is 5.97 Å². The molecule has 0 saturated carbocycles. The molecule has 0 aliphatic heterocycles.